The number of hydrogen-bond acceptors (Lipinski definition) is 6. The lowest BCUT2D eigenvalue weighted by molar-refractivity contribution is -0.0614. The Balaban J connectivity index is 2.48. The van der Waals surface area contributed by atoms with Crippen LogP contribution in [0.3, 0.4) is 0 Å². The molecule has 1 aromatic rings. The molecule has 0 saturated carbocycles. The number of anilines is 1. The number of nitrogen functional groups attached to an aromatic ring is 1. The summed E-state index contributed by atoms with van der Waals surface area (Å²) < 4.78 is 33.3. The molecule has 4 N–H and O–H groups in total. The maximum atomic E-state index is 14.4. The highest BCUT2D eigenvalue weighted by Gasteiger charge is 2.55. The van der Waals surface area contributed by atoms with Crippen LogP contribution >= 0.6 is 0 Å². The van der Waals surface area contributed by atoms with Crippen molar-refractivity contribution in [1.29, 1.82) is 0 Å². The Kier molecular flexibility index (Phi) is 3.29. The van der Waals surface area contributed by atoms with Crippen LogP contribution in [0.4, 0.5) is 14.6 Å². The van der Waals surface area contributed by atoms with E-state index in [9.17, 15) is 18.7 Å². The quantitative estimate of drug-likeness (QED) is 0.635. The summed E-state index contributed by atoms with van der Waals surface area (Å²) in [5.41, 5.74) is 1.71. The van der Waals surface area contributed by atoms with E-state index in [-0.39, 0.29) is 0 Å². The highest BCUT2D eigenvalue weighted by Crippen LogP contribution is 2.40. The highest BCUT2D eigenvalue weighted by atomic mass is 19.1. The molecule has 19 heavy (non-hydrogen) atoms. The van der Waals surface area contributed by atoms with Gasteiger partial charge in [0.2, 0.25) is 0 Å². The van der Waals surface area contributed by atoms with Crippen molar-refractivity contribution in [1.82, 2.24) is 9.55 Å². The van der Waals surface area contributed by atoms with Crippen LogP contribution in [0.25, 0.3) is 0 Å². The van der Waals surface area contributed by atoms with Crippen LogP contribution in [-0.2, 0) is 4.74 Å². The minimum atomic E-state index is -2.39. The fraction of sp³-hybridized carbons (Fsp3) is 0.600. The Bertz CT molecular complexity index is 548. The molecule has 0 amide bonds. The largest absolute Gasteiger partial charge is 0.394 e. The topological polar surface area (TPSA) is 111 Å². The van der Waals surface area contributed by atoms with E-state index in [0.717, 1.165) is 6.92 Å². The van der Waals surface area contributed by atoms with E-state index in [1.54, 1.807) is 0 Å². The first-order valence-electron chi connectivity index (χ1n) is 5.46. The predicted molar refractivity (Wildman–Crippen MR) is 59.4 cm³/mol. The monoisotopic (exact) mass is 277 g/mol. The van der Waals surface area contributed by atoms with Gasteiger partial charge in [-0.1, -0.05) is 0 Å². The number of rotatable bonds is 2. The molecule has 7 nitrogen and oxygen atoms in total. The van der Waals surface area contributed by atoms with E-state index in [1.807, 2.05) is 0 Å². The van der Waals surface area contributed by atoms with E-state index in [0.29, 0.717) is 10.8 Å². The van der Waals surface area contributed by atoms with Crippen molar-refractivity contribution >= 4 is 5.82 Å². The van der Waals surface area contributed by atoms with Crippen LogP contribution in [-0.4, -0.2) is 44.2 Å². The minimum Gasteiger partial charge on any atom is -0.394 e. The molecule has 1 fully saturated rings. The lowest BCUT2D eigenvalue weighted by Gasteiger charge is -2.24. The molecule has 4 atom stereocenters. The van der Waals surface area contributed by atoms with Crippen molar-refractivity contribution < 1.29 is 23.7 Å². The fourth-order valence-electron chi connectivity index (χ4n) is 1.99. The third-order valence-electron chi connectivity index (χ3n) is 3.08. The van der Waals surface area contributed by atoms with Crippen molar-refractivity contribution in [3.05, 3.63) is 22.5 Å². The zero-order chi connectivity index (χ0) is 14.4. The van der Waals surface area contributed by atoms with Gasteiger partial charge in [-0.25, -0.2) is 13.6 Å². The second kappa shape index (κ2) is 4.51. The Hall–Kier alpha value is -1.58. The Labute approximate surface area is 106 Å². The van der Waals surface area contributed by atoms with Crippen LogP contribution in [0.2, 0.25) is 0 Å². The summed E-state index contributed by atoms with van der Waals surface area (Å²) in [5, 5.41) is 18.6. The zero-order valence-electron chi connectivity index (χ0n) is 9.96. The first-order valence-corrected chi connectivity index (χ1v) is 5.46. The smallest absolute Gasteiger partial charge is 0.351 e. The number of alkyl halides is 1. The molecule has 2 rings (SSSR count). The lowest BCUT2D eigenvalue weighted by atomic mass is 9.98. The molecular weight excluding hydrogens is 264 g/mol. The lowest BCUT2D eigenvalue weighted by Crippen LogP contribution is -2.43. The summed E-state index contributed by atoms with van der Waals surface area (Å²) in [7, 11) is 0. The van der Waals surface area contributed by atoms with Gasteiger partial charge >= 0.3 is 5.69 Å². The van der Waals surface area contributed by atoms with Crippen LogP contribution in [0.5, 0.6) is 0 Å². The Morgan fingerprint density at radius 1 is 1.68 bits per heavy atom. The maximum Gasteiger partial charge on any atom is 0.351 e. The predicted octanol–water partition coefficient (Wildman–Crippen LogP) is -1.06. The molecular formula is C10H13F2N3O4. The molecule has 1 aromatic heterocycles. The zero-order valence-corrected chi connectivity index (χ0v) is 9.96. The van der Waals surface area contributed by atoms with E-state index in [4.69, 9.17) is 15.6 Å². The second-order valence-corrected chi connectivity index (χ2v) is 4.47. The summed E-state index contributed by atoms with van der Waals surface area (Å²) in [6, 6.07) is 0. The third kappa shape index (κ3) is 2.09. The summed E-state index contributed by atoms with van der Waals surface area (Å²) in [4.78, 5) is 14.8. The van der Waals surface area contributed by atoms with Gasteiger partial charge in [0.05, 0.1) is 12.8 Å². The van der Waals surface area contributed by atoms with Gasteiger partial charge in [0.15, 0.2) is 23.5 Å². The normalized spacial score (nSPS) is 34.7. The molecule has 9 heteroatoms. The number of hydrogen-bond donors (Lipinski definition) is 3. The average molecular weight is 277 g/mol. The molecule has 106 valence electrons. The molecule has 1 aliphatic heterocycles. The van der Waals surface area contributed by atoms with Crippen molar-refractivity contribution in [2.24, 2.45) is 0 Å². The fourth-order valence-corrected chi connectivity index (χ4v) is 1.99. The molecule has 4 unspecified atom stereocenters. The molecule has 0 aliphatic carbocycles. The van der Waals surface area contributed by atoms with Gasteiger partial charge in [-0.2, -0.15) is 4.98 Å². The maximum absolute atomic E-state index is 14.4. The van der Waals surface area contributed by atoms with Crippen molar-refractivity contribution in [3.8, 4) is 0 Å². The molecule has 1 aliphatic rings. The van der Waals surface area contributed by atoms with E-state index < -0.39 is 48.0 Å². The summed E-state index contributed by atoms with van der Waals surface area (Å²) in [6.45, 7) is 0.343. The number of aliphatic hydroxyl groups is 2. The van der Waals surface area contributed by atoms with Gasteiger partial charge in [0.1, 0.15) is 12.2 Å². The van der Waals surface area contributed by atoms with Crippen molar-refractivity contribution in [2.75, 3.05) is 12.3 Å². The first kappa shape index (κ1) is 13.8. The number of ether oxygens (including phenoxy) is 1. The molecule has 2 heterocycles. The van der Waals surface area contributed by atoms with Gasteiger partial charge < -0.3 is 20.7 Å². The standard InChI is InChI=1S/C10H13F2N3O4/c1-10(12)6(17)5(3-16)19-8(10)15-2-4(11)7(13)14-9(15)18/h2,5-6,8,16-17H,3H2,1H3,(H2,13,14,18). The highest BCUT2D eigenvalue weighted by molar-refractivity contribution is 5.26. The second-order valence-electron chi connectivity index (χ2n) is 4.47. The van der Waals surface area contributed by atoms with E-state index >= 15 is 0 Å². The number of aromatic nitrogens is 2. The number of nitrogens with zero attached hydrogens (tertiary/aromatic N) is 2. The number of nitrogens with two attached hydrogens (primary N) is 1. The van der Waals surface area contributed by atoms with Crippen molar-refractivity contribution in [2.45, 2.75) is 31.0 Å². The molecule has 0 spiro atoms. The summed E-state index contributed by atoms with van der Waals surface area (Å²) in [6.07, 6.45) is -3.82. The van der Waals surface area contributed by atoms with Gasteiger partial charge in [0.25, 0.3) is 0 Å². The molecule has 1 saturated heterocycles. The Morgan fingerprint density at radius 2 is 2.32 bits per heavy atom. The van der Waals surface area contributed by atoms with E-state index in [1.165, 1.54) is 0 Å². The Morgan fingerprint density at radius 3 is 2.84 bits per heavy atom. The van der Waals surface area contributed by atoms with Gasteiger partial charge in [-0.3, -0.25) is 4.57 Å². The van der Waals surface area contributed by atoms with Crippen molar-refractivity contribution in [3.63, 3.8) is 0 Å². The van der Waals surface area contributed by atoms with Gasteiger partial charge in [-0.15, -0.1) is 0 Å². The van der Waals surface area contributed by atoms with Crippen LogP contribution < -0.4 is 11.4 Å². The van der Waals surface area contributed by atoms with Crippen LogP contribution in [0.1, 0.15) is 13.2 Å². The SMILES string of the molecule is CC1(F)C(O)C(CO)OC1n1cc(F)c(N)nc1=O. The van der Waals surface area contributed by atoms with Gasteiger partial charge in [-0.05, 0) is 6.92 Å². The van der Waals surface area contributed by atoms with Gasteiger partial charge in [0, 0.05) is 0 Å². The molecule has 0 radical (unpaired) electrons. The third-order valence-corrected chi connectivity index (χ3v) is 3.08. The number of halogens is 2. The summed E-state index contributed by atoms with van der Waals surface area (Å²) in [5.74, 6) is -1.62. The summed E-state index contributed by atoms with van der Waals surface area (Å²) >= 11 is 0. The molecule has 0 aromatic carbocycles. The van der Waals surface area contributed by atoms with E-state index in [2.05, 4.69) is 4.98 Å². The van der Waals surface area contributed by atoms with Crippen LogP contribution in [0, 0.1) is 5.82 Å². The number of aliphatic hydroxyl groups excluding tert-OH is 2. The first-order chi connectivity index (χ1) is 8.78. The molecule has 0 bridgehead atoms. The minimum absolute atomic E-state index is 0.560. The van der Waals surface area contributed by atoms with Crippen LogP contribution in [0.15, 0.2) is 11.0 Å². The average Bonchev–Trinajstić information content (AvgIpc) is 2.56.